The number of benzene rings is 2. The van der Waals surface area contributed by atoms with Gasteiger partial charge >= 0.3 is 0 Å². The lowest BCUT2D eigenvalue weighted by molar-refractivity contribution is -0.385. The van der Waals surface area contributed by atoms with Crippen molar-refractivity contribution in [1.29, 1.82) is 0 Å². The minimum absolute atomic E-state index is 0.128. The number of ether oxygens (including phenoxy) is 4. The number of nitro groups is 1. The van der Waals surface area contributed by atoms with Gasteiger partial charge in [-0.1, -0.05) is 0 Å². The van der Waals surface area contributed by atoms with Crippen LogP contribution in [0.1, 0.15) is 6.42 Å². The van der Waals surface area contributed by atoms with Crippen LogP contribution >= 0.6 is 0 Å². The van der Waals surface area contributed by atoms with Gasteiger partial charge < -0.3 is 18.9 Å². The normalized spacial score (nSPS) is 14.2. The number of halogens is 1. The Labute approximate surface area is 189 Å². The molecular weight excluding hydrogens is 433 g/mol. The van der Waals surface area contributed by atoms with Gasteiger partial charge in [-0.05, 0) is 24.6 Å². The van der Waals surface area contributed by atoms with Crippen LogP contribution in [0.15, 0.2) is 42.6 Å². The molecule has 4 rings (SSSR count). The number of pyridine rings is 1. The average Bonchev–Trinajstić information content (AvgIpc) is 2.83. The first kappa shape index (κ1) is 22.7. The predicted molar refractivity (Wildman–Crippen MR) is 119 cm³/mol. The summed E-state index contributed by atoms with van der Waals surface area (Å²) < 4.78 is 36.9. The SMILES string of the molecule is COc1cc2nccc(Oc3ccc([N+](=O)[O-])cc3F)c2cc1OCCCN1CCOCC1. The Balaban J connectivity index is 1.52. The molecule has 10 heteroatoms. The maximum Gasteiger partial charge on any atom is 0.272 e. The maximum absolute atomic E-state index is 14.4. The highest BCUT2D eigenvalue weighted by Crippen LogP contribution is 2.38. The van der Waals surface area contributed by atoms with Crippen molar-refractivity contribution in [2.24, 2.45) is 0 Å². The van der Waals surface area contributed by atoms with Gasteiger partial charge in [0.25, 0.3) is 5.69 Å². The number of methoxy groups -OCH3 is 1. The number of aromatic nitrogens is 1. The zero-order valence-electron chi connectivity index (χ0n) is 18.2. The van der Waals surface area contributed by atoms with E-state index < -0.39 is 10.7 Å². The van der Waals surface area contributed by atoms with E-state index in [1.165, 1.54) is 18.3 Å². The largest absolute Gasteiger partial charge is 0.493 e. The number of morpholine rings is 1. The fourth-order valence-corrected chi connectivity index (χ4v) is 3.59. The summed E-state index contributed by atoms with van der Waals surface area (Å²) in [6.07, 6.45) is 2.37. The predicted octanol–water partition coefficient (Wildman–Crippen LogP) is 4.18. The highest BCUT2D eigenvalue weighted by atomic mass is 19.1. The van der Waals surface area contributed by atoms with Crippen molar-refractivity contribution < 1.29 is 28.3 Å². The van der Waals surface area contributed by atoms with Crippen molar-refractivity contribution in [3.8, 4) is 23.0 Å². The van der Waals surface area contributed by atoms with E-state index in [0.717, 1.165) is 45.3 Å². The zero-order valence-corrected chi connectivity index (χ0v) is 18.2. The molecular formula is C23H24FN3O6. The van der Waals surface area contributed by atoms with Crippen LogP contribution in [0.4, 0.5) is 10.1 Å². The summed E-state index contributed by atoms with van der Waals surface area (Å²) in [4.78, 5) is 16.9. The summed E-state index contributed by atoms with van der Waals surface area (Å²) in [6, 6.07) is 8.31. The number of fused-ring (bicyclic) bond motifs is 1. The topological polar surface area (TPSA) is 96.2 Å². The molecule has 2 aromatic carbocycles. The van der Waals surface area contributed by atoms with Crippen LogP contribution in [0.25, 0.3) is 10.9 Å². The molecule has 0 spiro atoms. The van der Waals surface area contributed by atoms with Gasteiger partial charge in [0.2, 0.25) is 0 Å². The zero-order chi connectivity index (χ0) is 23.2. The van der Waals surface area contributed by atoms with E-state index in [0.29, 0.717) is 34.8 Å². The second-order valence-electron chi connectivity index (χ2n) is 7.46. The average molecular weight is 457 g/mol. The van der Waals surface area contributed by atoms with Gasteiger partial charge in [0.05, 0.1) is 43.4 Å². The highest BCUT2D eigenvalue weighted by Gasteiger charge is 2.16. The lowest BCUT2D eigenvalue weighted by atomic mass is 10.1. The monoisotopic (exact) mass is 457 g/mol. The first-order valence-corrected chi connectivity index (χ1v) is 10.6. The maximum atomic E-state index is 14.4. The number of nitrogens with zero attached hydrogens (tertiary/aromatic N) is 3. The third kappa shape index (κ3) is 5.47. The Morgan fingerprint density at radius 1 is 1.12 bits per heavy atom. The van der Waals surface area contributed by atoms with E-state index in [9.17, 15) is 14.5 Å². The molecule has 0 atom stereocenters. The molecule has 9 nitrogen and oxygen atoms in total. The molecule has 3 aromatic rings. The third-order valence-electron chi connectivity index (χ3n) is 5.31. The fourth-order valence-electron chi connectivity index (χ4n) is 3.59. The number of nitro benzene ring substituents is 1. The van der Waals surface area contributed by atoms with Crippen molar-refractivity contribution in [1.82, 2.24) is 9.88 Å². The van der Waals surface area contributed by atoms with Crippen molar-refractivity contribution >= 4 is 16.6 Å². The third-order valence-corrected chi connectivity index (χ3v) is 5.31. The molecule has 1 aliphatic heterocycles. The van der Waals surface area contributed by atoms with E-state index in [4.69, 9.17) is 18.9 Å². The Bertz CT molecular complexity index is 1140. The molecule has 1 saturated heterocycles. The number of non-ortho nitro benzene ring substituents is 1. The molecule has 33 heavy (non-hydrogen) atoms. The Hall–Kier alpha value is -3.50. The number of rotatable bonds is 9. The van der Waals surface area contributed by atoms with Gasteiger partial charge in [-0.2, -0.15) is 0 Å². The van der Waals surface area contributed by atoms with Crippen molar-refractivity contribution in [3.63, 3.8) is 0 Å². The van der Waals surface area contributed by atoms with Gasteiger partial charge in [-0.15, -0.1) is 0 Å². The fraction of sp³-hybridized carbons (Fsp3) is 0.348. The van der Waals surface area contributed by atoms with Crippen LogP contribution in [0.2, 0.25) is 0 Å². The van der Waals surface area contributed by atoms with Crippen LogP contribution < -0.4 is 14.2 Å². The second-order valence-corrected chi connectivity index (χ2v) is 7.46. The molecule has 0 aliphatic carbocycles. The minimum Gasteiger partial charge on any atom is -0.493 e. The molecule has 1 aromatic heterocycles. The molecule has 174 valence electrons. The van der Waals surface area contributed by atoms with Gasteiger partial charge in [0, 0.05) is 43.4 Å². The van der Waals surface area contributed by atoms with Crippen LogP contribution in [0, 0.1) is 15.9 Å². The number of hydrogen-bond acceptors (Lipinski definition) is 8. The Kier molecular flexibility index (Phi) is 7.16. The Morgan fingerprint density at radius 2 is 1.94 bits per heavy atom. The summed E-state index contributed by atoms with van der Waals surface area (Å²) in [5.74, 6) is 0.432. The van der Waals surface area contributed by atoms with E-state index in [2.05, 4.69) is 9.88 Å². The van der Waals surface area contributed by atoms with E-state index in [1.807, 2.05) is 0 Å². The number of hydrogen-bond donors (Lipinski definition) is 0. The molecule has 1 fully saturated rings. The van der Waals surface area contributed by atoms with Gasteiger partial charge in [0.15, 0.2) is 23.1 Å². The summed E-state index contributed by atoms with van der Waals surface area (Å²) in [5, 5.41) is 11.4. The smallest absolute Gasteiger partial charge is 0.272 e. The van der Waals surface area contributed by atoms with E-state index in [1.54, 1.807) is 25.3 Å². The second kappa shape index (κ2) is 10.4. The molecule has 0 N–H and O–H groups in total. The van der Waals surface area contributed by atoms with Crippen LogP contribution in [-0.4, -0.2) is 61.4 Å². The lowest BCUT2D eigenvalue weighted by Gasteiger charge is -2.26. The molecule has 0 saturated carbocycles. The Morgan fingerprint density at radius 3 is 2.67 bits per heavy atom. The molecule has 0 bridgehead atoms. The van der Waals surface area contributed by atoms with Crippen LogP contribution in [0.3, 0.4) is 0 Å². The summed E-state index contributed by atoms with van der Waals surface area (Å²) in [5.41, 5.74) is 0.226. The quantitative estimate of drug-likeness (QED) is 0.268. The van der Waals surface area contributed by atoms with Crippen LogP contribution in [0.5, 0.6) is 23.0 Å². The van der Waals surface area contributed by atoms with Crippen LogP contribution in [-0.2, 0) is 4.74 Å². The van der Waals surface area contributed by atoms with Crippen molar-refractivity contribution in [2.45, 2.75) is 6.42 Å². The standard InChI is InChI=1S/C23H24FN3O6/c1-30-22-15-19-17(14-23(22)32-10-2-7-26-8-11-31-12-9-26)20(5-6-25-19)33-21-4-3-16(27(28)29)13-18(21)24/h3-6,13-15H,2,7-12H2,1H3. The first-order valence-electron chi connectivity index (χ1n) is 10.6. The van der Waals surface area contributed by atoms with Gasteiger partial charge in [0.1, 0.15) is 5.75 Å². The van der Waals surface area contributed by atoms with E-state index in [-0.39, 0.29) is 11.4 Å². The molecule has 2 heterocycles. The summed E-state index contributed by atoms with van der Waals surface area (Å²) in [6.45, 7) is 4.76. The summed E-state index contributed by atoms with van der Waals surface area (Å²) in [7, 11) is 1.55. The molecule has 1 aliphatic rings. The highest BCUT2D eigenvalue weighted by molar-refractivity contribution is 5.88. The molecule has 0 unspecified atom stereocenters. The first-order chi connectivity index (χ1) is 16.0. The van der Waals surface area contributed by atoms with E-state index >= 15 is 0 Å². The molecule has 0 radical (unpaired) electrons. The molecule has 0 amide bonds. The van der Waals surface area contributed by atoms with Gasteiger partial charge in [-0.25, -0.2) is 4.39 Å². The summed E-state index contributed by atoms with van der Waals surface area (Å²) >= 11 is 0. The van der Waals surface area contributed by atoms with Crippen molar-refractivity contribution in [2.75, 3.05) is 46.6 Å². The van der Waals surface area contributed by atoms with Crippen molar-refractivity contribution in [3.05, 3.63) is 58.5 Å². The lowest BCUT2D eigenvalue weighted by Crippen LogP contribution is -2.37. The minimum atomic E-state index is -0.831. The van der Waals surface area contributed by atoms with Gasteiger partial charge in [-0.3, -0.25) is 20.0 Å².